The molecule has 1 saturated carbocycles. The van der Waals surface area contributed by atoms with E-state index in [9.17, 15) is 22.4 Å². The summed E-state index contributed by atoms with van der Waals surface area (Å²) < 4.78 is 52.2. The molecule has 0 bridgehead atoms. The summed E-state index contributed by atoms with van der Waals surface area (Å²) in [5.41, 5.74) is -0.201. The van der Waals surface area contributed by atoms with Gasteiger partial charge in [-0.25, -0.2) is 4.39 Å². The van der Waals surface area contributed by atoms with Crippen LogP contribution in [-0.2, 0) is 17.5 Å². The van der Waals surface area contributed by atoms with Crippen molar-refractivity contribution < 1.29 is 22.4 Å². The average Bonchev–Trinajstić information content (AvgIpc) is 3.21. The first kappa shape index (κ1) is 15.5. The molecule has 0 atom stereocenters. The van der Waals surface area contributed by atoms with Gasteiger partial charge in [-0.2, -0.15) is 18.3 Å². The van der Waals surface area contributed by atoms with Crippen LogP contribution in [0.3, 0.4) is 0 Å². The molecule has 1 aliphatic carbocycles. The normalized spacial score (nSPS) is 14.8. The predicted octanol–water partition coefficient (Wildman–Crippen LogP) is 3.56. The van der Waals surface area contributed by atoms with Gasteiger partial charge in [0.2, 0.25) is 5.91 Å². The zero-order valence-electron chi connectivity index (χ0n) is 11.9. The summed E-state index contributed by atoms with van der Waals surface area (Å²) in [5, 5.41) is 6.01. The molecule has 3 rings (SSSR count). The summed E-state index contributed by atoms with van der Waals surface area (Å²) in [6.07, 6.45) is -2.95. The number of benzene rings is 1. The molecule has 1 aromatic heterocycles. The molecular formula is C15H13F4N3O. The maximum absolute atomic E-state index is 12.8. The standard InChI is InChI=1S/C15H13F4N3O/c16-10-3-5-11(6-4-10)20-14(23)8-22-12(9-1-2-9)7-13(21-22)15(17,18)19/h3-7,9H,1-2,8H2,(H,20,23). The summed E-state index contributed by atoms with van der Waals surface area (Å²) in [7, 11) is 0. The summed E-state index contributed by atoms with van der Waals surface area (Å²) in [6.45, 7) is -0.320. The lowest BCUT2D eigenvalue weighted by Crippen LogP contribution is -2.21. The summed E-state index contributed by atoms with van der Waals surface area (Å²) in [4.78, 5) is 12.0. The number of alkyl halides is 3. The van der Waals surface area contributed by atoms with Crippen molar-refractivity contribution in [2.75, 3.05) is 5.32 Å². The van der Waals surface area contributed by atoms with Crippen LogP contribution in [0.25, 0.3) is 0 Å². The molecule has 0 saturated heterocycles. The van der Waals surface area contributed by atoms with E-state index in [1.807, 2.05) is 0 Å². The monoisotopic (exact) mass is 327 g/mol. The topological polar surface area (TPSA) is 46.9 Å². The van der Waals surface area contributed by atoms with Crippen molar-refractivity contribution in [3.63, 3.8) is 0 Å². The van der Waals surface area contributed by atoms with Crippen LogP contribution in [0.5, 0.6) is 0 Å². The number of rotatable bonds is 4. The minimum atomic E-state index is -4.54. The van der Waals surface area contributed by atoms with E-state index in [-0.39, 0.29) is 12.5 Å². The summed E-state index contributed by atoms with van der Waals surface area (Å²) in [6, 6.07) is 6.11. The molecule has 1 aliphatic rings. The SMILES string of the molecule is O=C(Cn1nc(C(F)(F)F)cc1C1CC1)Nc1ccc(F)cc1. The molecule has 122 valence electrons. The highest BCUT2D eigenvalue weighted by Crippen LogP contribution is 2.42. The van der Waals surface area contributed by atoms with Crippen molar-refractivity contribution in [3.05, 3.63) is 47.5 Å². The van der Waals surface area contributed by atoms with Gasteiger partial charge in [-0.15, -0.1) is 0 Å². The van der Waals surface area contributed by atoms with Gasteiger partial charge in [0, 0.05) is 17.3 Å². The second-order valence-electron chi connectivity index (χ2n) is 5.44. The number of amides is 1. The lowest BCUT2D eigenvalue weighted by atomic mass is 10.2. The van der Waals surface area contributed by atoms with Crippen LogP contribution >= 0.6 is 0 Å². The smallest absolute Gasteiger partial charge is 0.324 e. The molecule has 1 N–H and O–H groups in total. The number of carbonyl (C=O) groups is 1. The molecule has 1 aromatic carbocycles. The fourth-order valence-corrected chi connectivity index (χ4v) is 2.27. The van der Waals surface area contributed by atoms with Crippen LogP contribution in [0, 0.1) is 5.82 Å². The van der Waals surface area contributed by atoms with Gasteiger partial charge in [-0.1, -0.05) is 0 Å². The van der Waals surface area contributed by atoms with Gasteiger partial charge in [0.1, 0.15) is 12.4 Å². The van der Waals surface area contributed by atoms with Crippen LogP contribution in [0.2, 0.25) is 0 Å². The van der Waals surface area contributed by atoms with E-state index in [1.165, 1.54) is 24.3 Å². The van der Waals surface area contributed by atoms with Gasteiger partial charge in [-0.3, -0.25) is 9.48 Å². The van der Waals surface area contributed by atoms with Gasteiger partial charge < -0.3 is 5.32 Å². The summed E-state index contributed by atoms with van der Waals surface area (Å²) in [5.74, 6) is -0.937. The number of carbonyl (C=O) groups excluding carboxylic acids is 1. The second kappa shape index (κ2) is 5.68. The van der Waals surface area contributed by atoms with Crippen molar-refractivity contribution in [1.82, 2.24) is 9.78 Å². The molecule has 0 aliphatic heterocycles. The van der Waals surface area contributed by atoms with Gasteiger partial charge >= 0.3 is 6.18 Å². The minimum Gasteiger partial charge on any atom is -0.324 e. The van der Waals surface area contributed by atoms with E-state index in [0.29, 0.717) is 11.4 Å². The number of hydrogen-bond acceptors (Lipinski definition) is 2. The lowest BCUT2D eigenvalue weighted by Gasteiger charge is -2.08. The van der Waals surface area contributed by atoms with Crippen LogP contribution < -0.4 is 5.32 Å². The first-order valence-electron chi connectivity index (χ1n) is 7.03. The van der Waals surface area contributed by atoms with E-state index in [4.69, 9.17) is 0 Å². The second-order valence-corrected chi connectivity index (χ2v) is 5.44. The molecule has 1 amide bonds. The van der Waals surface area contributed by atoms with E-state index in [1.54, 1.807) is 0 Å². The van der Waals surface area contributed by atoms with Crippen molar-refractivity contribution in [2.45, 2.75) is 31.5 Å². The fraction of sp³-hybridized carbons (Fsp3) is 0.333. The number of aromatic nitrogens is 2. The Kier molecular flexibility index (Phi) is 3.83. The zero-order chi connectivity index (χ0) is 16.6. The Bertz CT molecular complexity index is 717. The van der Waals surface area contributed by atoms with Gasteiger partial charge in [0.05, 0.1) is 0 Å². The highest BCUT2D eigenvalue weighted by molar-refractivity contribution is 5.90. The maximum Gasteiger partial charge on any atom is 0.435 e. The fourth-order valence-electron chi connectivity index (χ4n) is 2.27. The van der Waals surface area contributed by atoms with Crippen molar-refractivity contribution >= 4 is 11.6 Å². The minimum absolute atomic E-state index is 0.0252. The maximum atomic E-state index is 12.8. The number of anilines is 1. The molecule has 4 nitrogen and oxygen atoms in total. The molecule has 0 unspecified atom stereocenters. The quantitative estimate of drug-likeness (QED) is 0.873. The van der Waals surface area contributed by atoms with Crippen LogP contribution in [0.4, 0.5) is 23.2 Å². The van der Waals surface area contributed by atoms with Crippen LogP contribution in [0.15, 0.2) is 30.3 Å². The Labute approximate surface area is 129 Å². The van der Waals surface area contributed by atoms with Crippen LogP contribution in [-0.4, -0.2) is 15.7 Å². The molecule has 1 heterocycles. The van der Waals surface area contributed by atoms with Crippen LogP contribution in [0.1, 0.15) is 30.1 Å². The first-order chi connectivity index (χ1) is 10.8. The third-order valence-corrected chi connectivity index (χ3v) is 3.52. The summed E-state index contributed by atoms with van der Waals surface area (Å²) >= 11 is 0. The van der Waals surface area contributed by atoms with Crippen molar-refractivity contribution in [2.24, 2.45) is 0 Å². The van der Waals surface area contributed by atoms with E-state index >= 15 is 0 Å². The van der Waals surface area contributed by atoms with Gasteiger partial charge in [-0.05, 0) is 43.2 Å². The van der Waals surface area contributed by atoms with Gasteiger partial charge in [0.15, 0.2) is 5.69 Å². The highest BCUT2D eigenvalue weighted by Gasteiger charge is 2.38. The lowest BCUT2D eigenvalue weighted by molar-refractivity contribution is -0.141. The Morgan fingerprint density at radius 3 is 2.48 bits per heavy atom. The average molecular weight is 327 g/mol. The number of nitrogens with one attached hydrogen (secondary N) is 1. The first-order valence-corrected chi connectivity index (χ1v) is 7.03. The number of nitrogens with zero attached hydrogens (tertiary/aromatic N) is 2. The van der Waals surface area contributed by atoms with E-state index in [2.05, 4.69) is 10.4 Å². The molecule has 23 heavy (non-hydrogen) atoms. The third-order valence-electron chi connectivity index (χ3n) is 3.52. The molecule has 1 fully saturated rings. The Hall–Kier alpha value is -2.38. The van der Waals surface area contributed by atoms with Crippen molar-refractivity contribution in [1.29, 1.82) is 0 Å². The number of hydrogen-bond donors (Lipinski definition) is 1. The van der Waals surface area contributed by atoms with Crippen molar-refractivity contribution in [3.8, 4) is 0 Å². The molecular weight excluding hydrogens is 314 g/mol. The Morgan fingerprint density at radius 2 is 1.91 bits per heavy atom. The Morgan fingerprint density at radius 1 is 1.26 bits per heavy atom. The van der Waals surface area contributed by atoms with E-state index < -0.39 is 23.6 Å². The Balaban J connectivity index is 1.75. The molecule has 2 aromatic rings. The molecule has 0 radical (unpaired) electrons. The predicted molar refractivity (Wildman–Crippen MR) is 74.2 cm³/mol. The van der Waals surface area contributed by atoms with E-state index in [0.717, 1.165) is 23.6 Å². The molecule has 0 spiro atoms. The zero-order valence-corrected chi connectivity index (χ0v) is 11.9. The molecule has 8 heteroatoms. The van der Waals surface area contributed by atoms with Gasteiger partial charge in [0.25, 0.3) is 0 Å². The highest BCUT2D eigenvalue weighted by atomic mass is 19.4. The largest absolute Gasteiger partial charge is 0.435 e. The number of halogens is 4. The third kappa shape index (κ3) is 3.69.